The summed E-state index contributed by atoms with van der Waals surface area (Å²) in [5.41, 5.74) is 0. The van der Waals surface area contributed by atoms with Crippen molar-refractivity contribution in [3.63, 3.8) is 0 Å². The highest BCUT2D eigenvalue weighted by atomic mass is 16.6. The zero-order valence-corrected chi connectivity index (χ0v) is 35.4. The molecule has 8 nitrogen and oxygen atoms in total. The van der Waals surface area contributed by atoms with Crippen LogP contribution in [0.4, 0.5) is 4.79 Å². The summed E-state index contributed by atoms with van der Waals surface area (Å²) >= 11 is 0. The predicted molar refractivity (Wildman–Crippen MR) is 227 cm³/mol. The van der Waals surface area contributed by atoms with Gasteiger partial charge in [0.1, 0.15) is 19.8 Å². The Balaban J connectivity index is 4.01. The smallest absolute Gasteiger partial charge is 0.409 e. The second-order valence-corrected chi connectivity index (χ2v) is 14.7. The van der Waals surface area contributed by atoms with Crippen molar-refractivity contribution >= 4 is 18.0 Å². The van der Waals surface area contributed by atoms with Gasteiger partial charge in [-0.1, -0.05) is 127 Å². The first kappa shape index (κ1) is 51.1. The molecule has 1 amide bonds. The van der Waals surface area contributed by atoms with Crippen molar-refractivity contribution in [3.05, 3.63) is 48.6 Å². The zero-order valence-electron chi connectivity index (χ0n) is 35.4. The Kier molecular flexibility index (Phi) is 39.1. The van der Waals surface area contributed by atoms with Crippen molar-refractivity contribution in [2.24, 2.45) is 0 Å². The second kappa shape index (κ2) is 41.3. The number of rotatable bonds is 38. The standard InChI is InChI=1S/C46H82N2O6/c1-5-7-9-11-13-15-17-19-21-23-25-27-29-31-33-36-44(49)52-41-40-48(39-35-38-47(3)4)46(51)54-43-42-53-45(50)37-34-32-30-28-26-24-22-20-18-16-14-12-10-8-6-2/h13-16,19-22H,5-12,17-18,23-43H2,1-4H3/b15-13-,16-14-,21-19-,22-20-. The topological polar surface area (TPSA) is 85.4 Å². The van der Waals surface area contributed by atoms with Gasteiger partial charge in [0, 0.05) is 19.4 Å². The van der Waals surface area contributed by atoms with E-state index >= 15 is 0 Å². The number of carbonyl (C=O) groups excluding carboxylic acids is 3. The highest BCUT2D eigenvalue weighted by Gasteiger charge is 2.16. The minimum Gasteiger partial charge on any atom is -0.464 e. The maximum atomic E-state index is 12.8. The number of amides is 1. The first-order valence-corrected chi connectivity index (χ1v) is 21.9. The van der Waals surface area contributed by atoms with Crippen LogP contribution in [0.3, 0.4) is 0 Å². The van der Waals surface area contributed by atoms with E-state index in [1.807, 2.05) is 14.1 Å². The van der Waals surface area contributed by atoms with Gasteiger partial charge in [-0.3, -0.25) is 9.59 Å². The third kappa shape index (κ3) is 38.8. The normalized spacial score (nSPS) is 11.9. The van der Waals surface area contributed by atoms with Crippen molar-refractivity contribution in [1.29, 1.82) is 0 Å². The van der Waals surface area contributed by atoms with Crippen LogP contribution >= 0.6 is 0 Å². The van der Waals surface area contributed by atoms with Crippen LogP contribution < -0.4 is 0 Å². The van der Waals surface area contributed by atoms with Crippen LogP contribution in [0, 0.1) is 0 Å². The van der Waals surface area contributed by atoms with E-state index < -0.39 is 6.09 Å². The van der Waals surface area contributed by atoms with Gasteiger partial charge in [0.25, 0.3) is 0 Å². The number of hydrogen-bond acceptors (Lipinski definition) is 7. The first-order chi connectivity index (χ1) is 26.4. The number of ether oxygens (including phenoxy) is 3. The fourth-order valence-electron chi connectivity index (χ4n) is 5.82. The molecule has 0 unspecified atom stereocenters. The minimum absolute atomic E-state index is 0.00350. The summed E-state index contributed by atoms with van der Waals surface area (Å²) in [6, 6.07) is 0. The average molecular weight is 759 g/mol. The molecule has 0 aromatic rings. The first-order valence-electron chi connectivity index (χ1n) is 21.9. The Bertz CT molecular complexity index is 990. The number of hydrogen-bond donors (Lipinski definition) is 0. The van der Waals surface area contributed by atoms with Gasteiger partial charge >= 0.3 is 18.0 Å². The Morgan fingerprint density at radius 3 is 1.30 bits per heavy atom. The molecule has 0 aliphatic carbocycles. The summed E-state index contributed by atoms with van der Waals surface area (Å²) in [6.07, 6.45) is 44.3. The molecule has 0 spiro atoms. The van der Waals surface area contributed by atoms with Crippen LogP contribution in [-0.4, -0.2) is 81.4 Å². The molecule has 0 fully saturated rings. The molecule has 312 valence electrons. The van der Waals surface area contributed by atoms with E-state index in [0.717, 1.165) is 77.2 Å². The predicted octanol–water partition coefficient (Wildman–Crippen LogP) is 12.1. The summed E-state index contributed by atoms with van der Waals surface area (Å²) in [6.45, 7) is 6.23. The summed E-state index contributed by atoms with van der Waals surface area (Å²) in [5.74, 6) is -0.478. The number of carbonyl (C=O) groups is 3. The maximum Gasteiger partial charge on any atom is 0.409 e. The molecule has 0 aromatic carbocycles. The lowest BCUT2D eigenvalue weighted by Gasteiger charge is -2.23. The fourth-order valence-corrected chi connectivity index (χ4v) is 5.82. The summed E-state index contributed by atoms with van der Waals surface area (Å²) in [5, 5.41) is 0. The van der Waals surface area contributed by atoms with Crippen LogP contribution in [0.5, 0.6) is 0 Å². The molecule has 0 atom stereocenters. The van der Waals surface area contributed by atoms with E-state index in [1.165, 1.54) is 77.0 Å². The van der Waals surface area contributed by atoms with Gasteiger partial charge in [-0.05, 0) is 104 Å². The fraction of sp³-hybridized carbons (Fsp3) is 0.761. The van der Waals surface area contributed by atoms with Crippen molar-refractivity contribution in [1.82, 2.24) is 9.80 Å². The molecular weight excluding hydrogens is 677 g/mol. The van der Waals surface area contributed by atoms with Crippen molar-refractivity contribution in [2.75, 3.05) is 53.6 Å². The van der Waals surface area contributed by atoms with Crippen LogP contribution in [0.1, 0.15) is 174 Å². The third-order valence-electron chi connectivity index (χ3n) is 9.15. The summed E-state index contributed by atoms with van der Waals surface area (Å²) < 4.78 is 16.1. The monoisotopic (exact) mass is 759 g/mol. The van der Waals surface area contributed by atoms with E-state index in [-0.39, 0.29) is 38.3 Å². The van der Waals surface area contributed by atoms with Crippen LogP contribution in [0.25, 0.3) is 0 Å². The van der Waals surface area contributed by atoms with Gasteiger partial charge in [0.2, 0.25) is 0 Å². The molecule has 0 heterocycles. The van der Waals surface area contributed by atoms with Gasteiger partial charge in [0.05, 0.1) is 6.54 Å². The molecule has 0 aliphatic rings. The van der Waals surface area contributed by atoms with E-state index in [2.05, 4.69) is 67.4 Å². The lowest BCUT2D eigenvalue weighted by Crippen LogP contribution is -2.37. The lowest BCUT2D eigenvalue weighted by atomic mass is 10.1. The second-order valence-electron chi connectivity index (χ2n) is 14.7. The van der Waals surface area contributed by atoms with Gasteiger partial charge in [-0.2, -0.15) is 0 Å². The van der Waals surface area contributed by atoms with E-state index in [1.54, 1.807) is 4.90 Å². The highest BCUT2D eigenvalue weighted by molar-refractivity contribution is 5.70. The van der Waals surface area contributed by atoms with E-state index in [0.29, 0.717) is 19.4 Å². The number of allylic oxidation sites excluding steroid dienone is 8. The van der Waals surface area contributed by atoms with E-state index in [9.17, 15) is 14.4 Å². The quantitative estimate of drug-likeness (QED) is 0.0268. The largest absolute Gasteiger partial charge is 0.464 e. The highest BCUT2D eigenvalue weighted by Crippen LogP contribution is 2.11. The third-order valence-corrected chi connectivity index (χ3v) is 9.15. The van der Waals surface area contributed by atoms with Crippen LogP contribution in [0.15, 0.2) is 48.6 Å². The molecule has 0 saturated heterocycles. The van der Waals surface area contributed by atoms with Crippen molar-refractivity contribution < 1.29 is 28.6 Å². The maximum absolute atomic E-state index is 12.8. The summed E-state index contributed by atoms with van der Waals surface area (Å²) in [4.78, 5) is 40.9. The zero-order chi connectivity index (χ0) is 39.6. The Hall–Kier alpha value is -2.87. The molecule has 0 radical (unpaired) electrons. The Morgan fingerprint density at radius 2 is 0.833 bits per heavy atom. The molecule has 0 rings (SSSR count). The van der Waals surface area contributed by atoms with Gasteiger partial charge < -0.3 is 24.0 Å². The van der Waals surface area contributed by atoms with Crippen molar-refractivity contribution in [2.45, 2.75) is 174 Å². The number of nitrogens with zero attached hydrogens (tertiary/aromatic N) is 2. The minimum atomic E-state index is -0.483. The lowest BCUT2D eigenvalue weighted by molar-refractivity contribution is -0.145. The van der Waals surface area contributed by atoms with Gasteiger partial charge in [0.15, 0.2) is 0 Å². The SMILES string of the molecule is CCCCC/C=C\C/C=C\CCCCCCCC(=O)OCCOC(=O)N(CCCN(C)C)CCOC(=O)CCCCCCC/C=C\C/C=C\CCCCC. The van der Waals surface area contributed by atoms with Gasteiger partial charge in [-0.25, -0.2) is 4.79 Å². The molecule has 54 heavy (non-hydrogen) atoms. The van der Waals surface area contributed by atoms with Gasteiger partial charge in [-0.15, -0.1) is 0 Å². The Morgan fingerprint density at radius 1 is 0.426 bits per heavy atom. The molecule has 0 aliphatic heterocycles. The molecule has 0 saturated carbocycles. The average Bonchev–Trinajstić information content (AvgIpc) is 3.15. The summed E-state index contributed by atoms with van der Waals surface area (Å²) in [7, 11) is 3.97. The van der Waals surface area contributed by atoms with Crippen LogP contribution in [-0.2, 0) is 23.8 Å². The number of esters is 2. The van der Waals surface area contributed by atoms with Crippen LogP contribution in [0.2, 0.25) is 0 Å². The molecule has 0 aromatic heterocycles. The molecule has 0 bridgehead atoms. The molecule has 0 N–H and O–H groups in total. The molecule has 8 heteroatoms. The van der Waals surface area contributed by atoms with Crippen molar-refractivity contribution in [3.8, 4) is 0 Å². The Labute approximate surface area is 332 Å². The number of unbranched alkanes of at least 4 members (excludes halogenated alkanes) is 16. The van der Waals surface area contributed by atoms with E-state index in [4.69, 9.17) is 14.2 Å². The molecular formula is C46H82N2O6.